The lowest BCUT2D eigenvalue weighted by Gasteiger charge is -2.13. The second-order valence-corrected chi connectivity index (χ2v) is 6.67. The van der Waals surface area contributed by atoms with E-state index >= 15 is 0 Å². The lowest BCUT2D eigenvalue weighted by atomic mass is 10.1. The van der Waals surface area contributed by atoms with Crippen molar-refractivity contribution in [3.8, 4) is 22.9 Å². The van der Waals surface area contributed by atoms with Crippen LogP contribution in [0, 0.1) is 0 Å². The third-order valence-corrected chi connectivity index (χ3v) is 4.69. The molecule has 0 radical (unpaired) electrons. The summed E-state index contributed by atoms with van der Waals surface area (Å²) in [7, 11) is 1.57. The predicted molar refractivity (Wildman–Crippen MR) is 115 cm³/mol. The zero-order valence-corrected chi connectivity index (χ0v) is 17.3. The SMILES string of the molecule is CCOc1cc(-c2cccnc2OC)nc2cc(C(=O)NCCc3nnc[nH]3)ccc12. The first-order chi connectivity index (χ1) is 15.2. The summed E-state index contributed by atoms with van der Waals surface area (Å²) >= 11 is 0. The molecule has 0 saturated carbocycles. The Morgan fingerprint density at radius 3 is 2.90 bits per heavy atom. The van der Waals surface area contributed by atoms with E-state index < -0.39 is 0 Å². The number of aromatic nitrogens is 5. The number of pyridine rings is 2. The fourth-order valence-corrected chi connectivity index (χ4v) is 3.25. The van der Waals surface area contributed by atoms with Gasteiger partial charge in [-0.25, -0.2) is 9.97 Å². The van der Waals surface area contributed by atoms with Crippen LogP contribution in [-0.2, 0) is 6.42 Å². The quantitative estimate of drug-likeness (QED) is 0.452. The van der Waals surface area contributed by atoms with Gasteiger partial charge in [0.15, 0.2) is 0 Å². The van der Waals surface area contributed by atoms with Crippen molar-refractivity contribution in [1.82, 2.24) is 30.5 Å². The van der Waals surface area contributed by atoms with Gasteiger partial charge >= 0.3 is 0 Å². The first-order valence-corrected chi connectivity index (χ1v) is 9.89. The molecule has 4 rings (SSSR count). The van der Waals surface area contributed by atoms with Gasteiger partial charge in [-0.1, -0.05) is 0 Å². The van der Waals surface area contributed by atoms with Gasteiger partial charge in [0.25, 0.3) is 5.91 Å². The standard InChI is InChI=1S/C22H22N6O3/c1-3-31-19-12-18(16-5-4-9-24-22(16)30-2)27-17-11-14(6-7-15(17)19)21(29)23-10-8-20-25-13-26-28-20/h4-7,9,11-13H,3,8,10H2,1-2H3,(H,23,29)(H,25,26,28). The van der Waals surface area contributed by atoms with Gasteiger partial charge in [-0.2, -0.15) is 0 Å². The van der Waals surface area contributed by atoms with Gasteiger partial charge in [-0.15, -0.1) is 10.2 Å². The second kappa shape index (κ2) is 9.21. The molecule has 0 aliphatic carbocycles. The van der Waals surface area contributed by atoms with Gasteiger partial charge in [-0.3, -0.25) is 4.79 Å². The van der Waals surface area contributed by atoms with Crippen LogP contribution in [0.2, 0.25) is 0 Å². The molecule has 1 amide bonds. The number of hydrogen-bond acceptors (Lipinski definition) is 7. The Labute approximate surface area is 178 Å². The third-order valence-electron chi connectivity index (χ3n) is 4.69. The van der Waals surface area contributed by atoms with Gasteiger partial charge < -0.3 is 19.8 Å². The van der Waals surface area contributed by atoms with Crippen LogP contribution >= 0.6 is 0 Å². The molecule has 0 unspecified atom stereocenters. The van der Waals surface area contributed by atoms with Crippen LogP contribution in [0.25, 0.3) is 22.2 Å². The molecular formula is C22H22N6O3. The van der Waals surface area contributed by atoms with E-state index in [9.17, 15) is 4.79 Å². The number of benzene rings is 1. The maximum Gasteiger partial charge on any atom is 0.251 e. The fourth-order valence-electron chi connectivity index (χ4n) is 3.25. The van der Waals surface area contributed by atoms with Crippen molar-refractivity contribution in [3.63, 3.8) is 0 Å². The number of rotatable bonds is 8. The number of aromatic amines is 1. The normalized spacial score (nSPS) is 10.8. The summed E-state index contributed by atoms with van der Waals surface area (Å²) in [6.07, 6.45) is 3.74. The Hall–Kier alpha value is -4.01. The Kier molecular flexibility index (Phi) is 6.02. The van der Waals surface area contributed by atoms with E-state index in [1.807, 2.05) is 31.2 Å². The van der Waals surface area contributed by atoms with E-state index in [-0.39, 0.29) is 5.91 Å². The van der Waals surface area contributed by atoms with Crippen molar-refractivity contribution in [3.05, 3.63) is 60.3 Å². The molecule has 0 spiro atoms. The number of hydrogen-bond donors (Lipinski definition) is 2. The van der Waals surface area contributed by atoms with E-state index in [1.165, 1.54) is 6.33 Å². The van der Waals surface area contributed by atoms with Crippen LogP contribution in [0.5, 0.6) is 11.6 Å². The van der Waals surface area contributed by atoms with Crippen molar-refractivity contribution in [2.24, 2.45) is 0 Å². The van der Waals surface area contributed by atoms with Crippen LogP contribution in [0.15, 0.2) is 48.9 Å². The molecule has 0 atom stereocenters. The minimum atomic E-state index is -0.189. The molecule has 9 heteroatoms. The highest BCUT2D eigenvalue weighted by Gasteiger charge is 2.15. The molecule has 3 aromatic heterocycles. The van der Waals surface area contributed by atoms with Gasteiger partial charge in [-0.05, 0) is 37.3 Å². The number of H-pyrrole nitrogens is 1. The topological polar surface area (TPSA) is 115 Å². The monoisotopic (exact) mass is 418 g/mol. The van der Waals surface area contributed by atoms with Crippen molar-refractivity contribution < 1.29 is 14.3 Å². The highest BCUT2D eigenvalue weighted by Crippen LogP contribution is 2.33. The maximum absolute atomic E-state index is 12.6. The van der Waals surface area contributed by atoms with Crippen LogP contribution in [0.3, 0.4) is 0 Å². The van der Waals surface area contributed by atoms with Gasteiger partial charge in [0.05, 0.1) is 30.5 Å². The largest absolute Gasteiger partial charge is 0.493 e. The van der Waals surface area contributed by atoms with Crippen molar-refractivity contribution in [1.29, 1.82) is 0 Å². The summed E-state index contributed by atoms with van der Waals surface area (Å²) in [5.41, 5.74) is 2.56. The molecule has 0 aliphatic heterocycles. The minimum Gasteiger partial charge on any atom is -0.493 e. The highest BCUT2D eigenvalue weighted by atomic mass is 16.5. The van der Waals surface area contributed by atoms with Crippen LogP contribution in [-0.4, -0.2) is 51.3 Å². The first kappa shape index (κ1) is 20.3. The molecule has 4 aromatic rings. The maximum atomic E-state index is 12.6. The van der Waals surface area contributed by atoms with E-state index in [0.29, 0.717) is 48.0 Å². The summed E-state index contributed by atoms with van der Waals surface area (Å²) < 4.78 is 11.2. The molecular weight excluding hydrogens is 396 g/mol. The van der Waals surface area contributed by atoms with Crippen LogP contribution in [0.4, 0.5) is 0 Å². The average Bonchev–Trinajstić information content (AvgIpc) is 3.32. The Morgan fingerprint density at radius 1 is 1.23 bits per heavy atom. The zero-order valence-electron chi connectivity index (χ0n) is 17.3. The molecule has 1 aromatic carbocycles. The van der Waals surface area contributed by atoms with Crippen LogP contribution < -0.4 is 14.8 Å². The molecule has 0 saturated heterocycles. The summed E-state index contributed by atoms with van der Waals surface area (Å²) in [6, 6.07) is 10.9. The summed E-state index contributed by atoms with van der Waals surface area (Å²) in [5, 5.41) is 11.4. The van der Waals surface area contributed by atoms with E-state index in [1.54, 1.807) is 25.4 Å². The molecule has 31 heavy (non-hydrogen) atoms. The smallest absolute Gasteiger partial charge is 0.251 e. The van der Waals surface area contributed by atoms with Crippen molar-refractivity contribution >= 4 is 16.8 Å². The molecule has 0 bridgehead atoms. The lowest BCUT2D eigenvalue weighted by molar-refractivity contribution is 0.0954. The summed E-state index contributed by atoms with van der Waals surface area (Å²) in [5.74, 6) is 1.69. The molecule has 3 heterocycles. The lowest BCUT2D eigenvalue weighted by Crippen LogP contribution is -2.25. The average molecular weight is 418 g/mol. The van der Waals surface area contributed by atoms with E-state index in [4.69, 9.17) is 14.5 Å². The number of nitrogens with one attached hydrogen (secondary N) is 2. The second-order valence-electron chi connectivity index (χ2n) is 6.67. The third kappa shape index (κ3) is 4.45. The van der Waals surface area contributed by atoms with Crippen molar-refractivity contribution in [2.75, 3.05) is 20.3 Å². The Bertz CT molecular complexity index is 1190. The van der Waals surface area contributed by atoms with Crippen LogP contribution in [0.1, 0.15) is 23.1 Å². The number of nitrogens with zero attached hydrogens (tertiary/aromatic N) is 4. The molecule has 0 aliphatic rings. The molecule has 0 fully saturated rings. The number of carbonyl (C=O) groups excluding carboxylic acids is 1. The molecule has 2 N–H and O–H groups in total. The molecule has 158 valence electrons. The highest BCUT2D eigenvalue weighted by molar-refractivity contribution is 5.99. The zero-order chi connectivity index (χ0) is 21.6. The van der Waals surface area contributed by atoms with Gasteiger partial charge in [0.1, 0.15) is 17.9 Å². The summed E-state index contributed by atoms with van der Waals surface area (Å²) in [6.45, 7) is 2.87. The Balaban J connectivity index is 1.66. The van der Waals surface area contributed by atoms with E-state index in [2.05, 4.69) is 25.5 Å². The predicted octanol–water partition coefficient (Wildman–Crippen LogP) is 2.79. The fraction of sp³-hybridized carbons (Fsp3) is 0.227. The Morgan fingerprint density at radius 2 is 2.13 bits per heavy atom. The first-order valence-electron chi connectivity index (χ1n) is 9.89. The minimum absolute atomic E-state index is 0.189. The number of amides is 1. The van der Waals surface area contributed by atoms with Crippen molar-refractivity contribution in [2.45, 2.75) is 13.3 Å². The van der Waals surface area contributed by atoms with Gasteiger partial charge in [0, 0.05) is 36.2 Å². The number of methoxy groups -OCH3 is 1. The molecule has 9 nitrogen and oxygen atoms in total. The van der Waals surface area contributed by atoms with Gasteiger partial charge in [0.2, 0.25) is 5.88 Å². The number of fused-ring (bicyclic) bond motifs is 1. The number of carbonyl (C=O) groups is 1. The van der Waals surface area contributed by atoms with E-state index in [0.717, 1.165) is 16.8 Å². The number of ether oxygens (including phenoxy) is 2. The summed E-state index contributed by atoms with van der Waals surface area (Å²) in [4.78, 5) is 24.6.